The lowest BCUT2D eigenvalue weighted by Gasteiger charge is -2.19. The summed E-state index contributed by atoms with van der Waals surface area (Å²) in [6.45, 7) is 6.13. The molecule has 0 saturated heterocycles. The Morgan fingerprint density at radius 3 is 2.47 bits per heavy atom. The molecular weight excluding hydrogens is 220 g/mol. The van der Waals surface area contributed by atoms with E-state index >= 15 is 0 Å². The summed E-state index contributed by atoms with van der Waals surface area (Å²) in [5.41, 5.74) is -0.456. The molecule has 1 amide bonds. The van der Waals surface area contributed by atoms with E-state index in [2.05, 4.69) is 10.6 Å². The molecule has 98 valence electrons. The zero-order chi connectivity index (χ0) is 12.9. The maximum atomic E-state index is 11.3. The average Bonchev–Trinajstić information content (AvgIpc) is 2.93. The third-order valence-electron chi connectivity index (χ3n) is 2.16. The first-order valence-corrected chi connectivity index (χ1v) is 6.09. The third kappa shape index (κ3) is 7.74. The molecule has 0 spiro atoms. The highest BCUT2D eigenvalue weighted by atomic mass is 16.6. The van der Waals surface area contributed by atoms with Crippen LogP contribution in [0.15, 0.2) is 0 Å². The number of hydrogen-bond donors (Lipinski definition) is 2. The molecule has 1 aliphatic carbocycles. The van der Waals surface area contributed by atoms with Gasteiger partial charge in [0.1, 0.15) is 5.60 Å². The Morgan fingerprint density at radius 1 is 1.29 bits per heavy atom. The van der Waals surface area contributed by atoms with Crippen molar-refractivity contribution in [2.45, 2.75) is 51.7 Å². The molecule has 0 radical (unpaired) electrons. The summed E-state index contributed by atoms with van der Waals surface area (Å²) in [7, 11) is 0. The molecule has 1 aliphatic rings. The number of amides is 1. The van der Waals surface area contributed by atoms with E-state index < -0.39 is 5.60 Å². The molecule has 2 N–H and O–H groups in total. The van der Waals surface area contributed by atoms with E-state index in [1.54, 1.807) is 0 Å². The Hall–Kier alpha value is -1.10. The second-order valence-corrected chi connectivity index (χ2v) is 5.36. The molecule has 1 rings (SSSR count). The number of ether oxygens (including phenoxy) is 1. The minimum atomic E-state index is -0.456. The Kier molecular flexibility index (Phi) is 4.93. The zero-order valence-electron chi connectivity index (χ0n) is 10.8. The van der Waals surface area contributed by atoms with Gasteiger partial charge < -0.3 is 15.4 Å². The van der Waals surface area contributed by atoms with Crippen molar-refractivity contribution < 1.29 is 14.3 Å². The summed E-state index contributed by atoms with van der Waals surface area (Å²) in [6.07, 6.45) is 2.59. The fourth-order valence-electron chi connectivity index (χ4n) is 1.30. The van der Waals surface area contributed by atoms with Crippen LogP contribution in [0.3, 0.4) is 0 Å². The van der Waals surface area contributed by atoms with Crippen molar-refractivity contribution in [3.8, 4) is 0 Å². The average molecular weight is 242 g/mol. The lowest BCUT2D eigenvalue weighted by Crippen LogP contribution is -2.34. The largest absolute Gasteiger partial charge is 0.459 e. The van der Waals surface area contributed by atoms with Crippen molar-refractivity contribution in [1.29, 1.82) is 0 Å². The maximum absolute atomic E-state index is 11.3. The number of carbonyl (C=O) groups is 2. The molecule has 5 nitrogen and oxygen atoms in total. The normalized spacial score (nSPS) is 15.5. The Bertz CT molecular complexity index is 280. The molecule has 0 atom stereocenters. The van der Waals surface area contributed by atoms with Crippen LogP contribution in [0.2, 0.25) is 0 Å². The highest BCUT2D eigenvalue weighted by Gasteiger charge is 2.22. The summed E-state index contributed by atoms with van der Waals surface area (Å²) >= 11 is 0. The van der Waals surface area contributed by atoms with Gasteiger partial charge in [-0.25, -0.2) is 0 Å². The van der Waals surface area contributed by atoms with E-state index in [9.17, 15) is 9.59 Å². The highest BCUT2D eigenvalue weighted by molar-refractivity contribution is 5.77. The van der Waals surface area contributed by atoms with Crippen molar-refractivity contribution in [3.63, 3.8) is 0 Å². The lowest BCUT2D eigenvalue weighted by molar-refractivity contribution is -0.153. The summed E-state index contributed by atoms with van der Waals surface area (Å²) in [6, 6.07) is 0.397. The van der Waals surface area contributed by atoms with Gasteiger partial charge in [0.05, 0.1) is 6.54 Å². The first kappa shape index (κ1) is 14.0. The van der Waals surface area contributed by atoms with Crippen LogP contribution in [-0.2, 0) is 14.3 Å². The van der Waals surface area contributed by atoms with E-state index in [-0.39, 0.29) is 18.4 Å². The summed E-state index contributed by atoms with van der Waals surface area (Å²) in [5.74, 6) is -0.246. The van der Waals surface area contributed by atoms with Crippen molar-refractivity contribution >= 4 is 11.9 Å². The first-order chi connectivity index (χ1) is 7.87. The predicted octanol–water partition coefficient (Wildman–Crippen LogP) is 0.586. The number of nitrogens with one attached hydrogen (secondary N) is 2. The van der Waals surface area contributed by atoms with E-state index in [0.29, 0.717) is 19.0 Å². The van der Waals surface area contributed by atoms with Crippen LogP contribution in [0.25, 0.3) is 0 Å². The van der Waals surface area contributed by atoms with Crippen LogP contribution in [0.4, 0.5) is 0 Å². The van der Waals surface area contributed by atoms with Gasteiger partial charge in [0.25, 0.3) is 0 Å². The van der Waals surface area contributed by atoms with E-state index in [4.69, 9.17) is 4.74 Å². The minimum absolute atomic E-state index is 0.0455. The zero-order valence-corrected chi connectivity index (χ0v) is 10.8. The fraction of sp³-hybridized carbons (Fsp3) is 0.833. The molecule has 5 heteroatoms. The molecule has 0 unspecified atom stereocenters. The SMILES string of the molecule is CC(C)(C)OC(=O)CNCCC(=O)NC1CC1. The lowest BCUT2D eigenvalue weighted by atomic mass is 10.2. The quantitative estimate of drug-likeness (QED) is 0.528. The molecule has 0 aromatic carbocycles. The summed E-state index contributed by atoms with van der Waals surface area (Å²) in [5, 5.41) is 5.78. The maximum Gasteiger partial charge on any atom is 0.320 e. The van der Waals surface area contributed by atoms with Crippen molar-refractivity contribution in [1.82, 2.24) is 10.6 Å². The molecule has 0 bridgehead atoms. The molecule has 0 aliphatic heterocycles. The fourth-order valence-corrected chi connectivity index (χ4v) is 1.30. The first-order valence-electron chi connectivity index (χ1n) is 6.09. The predicted molar refractivity (Wildman–Crippen MR) is 64.5 cm³/mol. The molecule has 1 saturated carbocycles. The van der Waals surface area contributed by atoms with Crippen LogP contribution < -0.4 is 10.6 Å². The van der Waals surface area contributed by atoms with E-state index in [1.807, 2.05) is 20.8 Å². The number of esters is 1. The monoisotopic (exact) mass is 242 g/mol. The van der Waals surface area contributed by atoms with Crippen molar-refractivity contribution in [2.24, 2.45) is 0 Å². The third-order valence-corrected chi connectivity index (χ3v) is 2.16. The van der Waals surface area contributed by atoms with Crippen LogP contribution in [0, 0.1) is 0 Å². The highest BCUT2D eigenvalue weighted by Crippen LogP contribution is 2.18. The van der Waals surface area contributed by atoms with Gasteiger partial charge in [0.15, 0.2) is 0 Å². The van der Waals surface area contributed by atoms with E-state index in [0.717, 1.165) is 12.8 Å². The number of rotatable bonds is 6. The van der Waals surface area contributed by atoms with Gasteiger partial charge in [-0.3, -0.25) is 9.59 Å². The Labute approximate surface area is 102 Å². The minimum Gasteiger partial charge on any atom is -0.459 e. The second-order valence-electron chi connectivity index (χ2n) is 5.36. The number of carbonyl (C=O) groups excluding carboxylic acids is 2. The Morgan fingerprint density at radius 2 is 1.94 bits per heavy atom. The van der Waals surface area contributed by atoms with Gasteiger partial charge in [0.2, 0.25) is 5.91 Å². The standard InChI is InChI=1S/C12H22N2O3/c1-12(2,3)17-11(16)8-13-7-6-10(15)14-9-4-5-9/h9,13H,4-8H2,1-3H3,(H,14,15). The van der Waals surface area contributed by atoms with Crippen molar-refractivity contribution in [3.05, 3.63) is 0 Å². The molecule has 1 fully saturated rings. The van der Waals surface area contributed by atoms with Gasteiger partial charge in [0, 0.05) is 19.0 Å². The van der Waals surface area contributed by atoms with Gasteiger partial charge in [-0.1, -0.05) is 0 Å². The molecule has 0 aromatic rings. The molecule has 0 aromatic heterocycles. The van der Waals surface area contributed by atoms with Gasteiger partial charge in [-0.05, 0) is 33.6 Å². The van der Waals surface area contributed by atoms with Crippen molar-refractivity contribution in [2.75, 3.05) is 13.1 Å². The summed E-state index contributed by atoms with van der Waals surface area (Å²) in [4.78, 5) is 22.6. The van der Waals surface area contributed by atoms with Gasteiger partial charge >= 0.3 is 5.97 Å². The topological polar surface area (TPSA) is 67.4 Å². The molecule has 0 heterocycles. The molecular formula is C12H22N2O3. The van der Waals surface area contributed by atoms with Gasteiger partial charge in [-0.2, -0.15) is 0 Å². The van der Waals surface area contributed by atoms with Crippen LogP contribution in [-0.4, -0.2) is 36.6 Å². The molecule has 17 heavy (non-hydrogen) atoms. The smallest absolute Gasteiger partial charge is 0.320 e. The second kappa shape index (κ2) is 6.00. The van der Waals surface area contributed by atoms with Crippen LogP contribution in [0.1, 0.15) is 40.0 Å². The van der Waals surface area contributed by atoms with Gasteiger partial charge in [-0.15, -0.1) is 0 Å². The number of hydrogen-bond acceptors (Lipinski definition) is 4. The van der Waals surface area contributed by atoms with Crippen LogP contribution >= 0.6 is 0 Å². The Balaban J connectivity index is 1.99. The van der Waals surface area contributed by atoms with E-state index in [1.165, 1.54) is 0 Å². The summed E-state index contributed by atoms with van der Waals surface area (Å²) < 4.78 is 5.12. The van der Waals surface area contributed by atoms with Crippen LogP contribution in [0.5, 0.6) is 0 Å².